The van der Waals surface area contributed by atoms with Crippen LogP contribution >= 0.6 is 11.3 Å². The molecule has 1 amide bonds. The largest absolute Gasteiger partial charge is 0.329 e. The molecule has 3 rings (SSSR count). The summed E-state index contributed by atoms with van der Waals surface area (Å²) in [6, 6.07) is 11.3. The van der Waals surface area contributed by atoms with E-state index >= 15 is 0 Å². The number of nitriles is 1. The van der Waals surface area contributed by atoms with Crippen molar-refractivity contribution in [2.75, 3.05) is 5.32 Å². The van der Waals surface area contributed by atoms with Crippen LogP contribution in [0.25, 0.3) is 11.0 Å². The van der Waals surface area contributed by atoms with Crippen LogP contribution in [0.1, 0.15) is 25.3 Å². The number of fused-ring (bicyclic) bond motifs is 1. The number of hydrogen-bond acceptors (Lipinski definition) is 4. The lowest BCUT2D eigenvalue weighted by Gasteiger charge is -2.05. The van der Waals surface area contributed by atoms with Crippen molar-refractivity contribution in [3.8, 4) is 6.07 Å². The summed E-state index contributed by atoms with van der Waals surface area (Å²) in [7, 11) is 0. The molecular formula is C18H18N4O2S. The second-order valence-corrected chi connectivity index (χ2v) is 6.56. The number of anilines is 1. The number of imidazole rings is 1. The molecule has 25 heavy (non-hydrogen) atoms. The average molecular weight is 354 g/mol. The molecule has 2 heterocycles. The van der Waals surface area contributed by atoms with E-state index in [1.807, 2.05) is 37.3 Å². The number of benzene rings is 1. The van der Waals surface area contributed by atoms with Gasteiger partial charge in [-0.25, -0.2) is 4.79 Å². The quantitative estimate of drug-likeness (QED) is 0.738. The van der Waals surface area contributed by atoms with Crippen LogP contribution < -0.4 is 11.0 Å². The van der Waals surface area contributed by atoms with Crippen molar-refractivity contribution in [2.45, 2.75) is 32.9 Å². The first kappa shape index (κ1) is 17.0. The van der Waals surface area contributed by atoms with E-state index in [1.165, 1.54) is 11.3 Å². The Morgan fingerprint density at radius 1 is 1.20 bits per heavy atom. The Morgan fingerprint density at radius 2 is 1.88 bits per heavy atom. The van der Waals surface area contributed by atoms with E-state index in [2.05, 4.69) is 5.32 Å². The molecule has 0 bridgehead atoms. The Labute approximate surface area is 148 Å². The fraction of sp³-hybridized carbons (Fsp3) is 0.278. The number of thiophene rings is 1. The van der Waals surface area contributed by atoms with Crippen LogP contribution in [-0.2, 0) is 17.9 Å². The molecule has 0 radical (unpaired) electrons. The average Bonchev–Trinajstić information content (AvgIpc) is 3.17. The zero-order valence-electron chi connectivity index (χ0n) is 13.9. The molecule has 6 nitrogen and oxygen atoms in total. The van der Waals surface area contributed by atoms with Gasteiger partial charge in [-0.15, -0.1) is 11.3 Å². The van der Waals surface area contributed by atoms with Gasteiger partial charge in [0.15, 0.2) is 0 Å². The minimum atomic E-state index is -0.210. The maximum atomic E-state index is 12.7. The van der Waals surface area contributed by atoms with Crippen LogP contribution in [-0.4, -0.2) is 15.0 Å². The van der Waals surface area contributed by atoms with Crippen LogP contribution in [0.4, 0.5) is 5.00 Å². The molecule has 0 saturated carbocycles. The molecule has 3 aromatic rings. The summed E-state index contributed by atoms with van der Waals surface area (Å²) in [4.78, 5) is 24.9. The highest BCUT2D eigenvalue weighted by molar-refractivity contribution is 7.14. The molecule has 1 N–H and O–H groups in total. The number of carbonyl (C=O) groups is 1. The Morgan fingerprint density at radius 3 is 2.52 bits per heavy atom. The van der Waals surface area contributed by atoms with Gasteiger partial charge in [0.2, 0.25) is 5.91 Å². The molecule has 0 atom stereocenters. The summed E-state index contributed by atoms with van der Waals surface area (Å²) in [6.45, 7) is 2.98. The van der Waals surface area contributed by atoms with Crippen molar-refractivity contribution in [2.24, 2.45) is 0 Å². The van der Waals surface area contributed by atoms with Crippen LogP contribution in [0.3, 0.4) is 0 Å². The van der Waals surface area contributed by atoms with E-state index < -0.39 is 0 Å². The number of para-hydroxylation sites is 2. The van der Waals surface area contributed by atoms with Gasteiger partial charge in [-0.1, -0.05) is 19.1 Å². The van der Waals surface area contributed by atoms with E-state index in [9.17, 15) is 9.59 Å². The third-order valence-corrected chi connectivity index (χ3v) is 4.80. The summed E-state index contributed by atoms with van der Waals surface area (Å²) >= 11 is 1.31. The summed E-state index contributed by atoms with van der Waals surface area (Å²) in [5.74, 6) is -0.210. The highest BCUT2D eigenvalue weighted by Crippen LogP contribution is 2.22. The first-order valence-electron chi connectivity index (χ1n) is 8.11. The number of nitrogens with one attached hydrogen (secondary N) is 1. The third-order valence-electron chi connectivity index (χ3n) is 3.97. The number of rotatable bonds is 6. The van der Waals surface area contributed by atoms with Crippen LogP contribution in [0.5, 0.6) is 0 Å². The van der Waals surface area contributed by atoms with Gasteiger partial charge < -0.3 is 5.32 Å². The Bertz CT molecular complexity index is 1010. The fourth-order valence-corrected chi connectivity index (χ4v) is 3.58. The minimum Gasteiger partial charge on any atom is -0.317 e. The van der Waals surface area contributed by atoms with Crippen molar-refractivity contribution >= 4 is 33.3 Å². The molecule has 0 aliphatic heterocycles. The normalized spacial score (nSPS) is 10.7. The molecule has 0 fully saturated rings. The summed E-state index contributed by atoms with van der Waals surface area (Å²) in [5.41, 5.74) is 2.09. The van der Waals surface area contributed by atoms with E-state index in [0.717, 1.165) is 17.5 Å². The van der Waals surface area contributed by atoms with Gasteiger partial charge in [-0.2, -0.15) is 5.26 Å². The number of aryl methyl sites for hydroxylation is 2. The van der Waals surface area contributed by atoms with E-state index in [0.29, 0.717) is 23.7 Å². The first-order chi connectivity index (χ1) is 12.2. The van der Waals surface area contributed by atoms with Crippen LogP contribution in [0.2, 0.25) is 0 Å². The molecule has 0 spiro atoms. The van der Waals surface area contributed by atoms with E-state index in [4.69, 9.17) is 5.26 Å². The number of carbonyl (C=O) groups excluding carboxylic acids is 1. The Balaban J connectivity index is 1.79. The maximum Gasteiger partial charge on any atom is 0.329 e. The van der Waals surface area contributed by atoms with Crippen molar-refractivity contribution in [3.63, 3.8) is 0 Å². The van der Waals surface area contributed by atoms with E-state index in [-0.39, 0.29) is 18.0 Å². The second kappa shape index (κ2) is 7.36. The van der Waals surface area contributed by atoms with Gasteiger partial charge in [0.05, 0.1) is 16.6 Å². The van der Waals surface area contributed by atoms with Gasteiger partial charge >= 0.3 is 5.69 Å². The first-order valence-corrected chi connectivity index (χ1v) is 8.99. The Hall–Kier alpha value is -2.85. The van der Waals surface area contributed by atoms with Crippen molar-refractivity contribution in [1.29, 1.82) is 5.26 Å². The SMILES string of the molecule is CCCn1c(=O)n(CCC(=O)Nc2sccc2C#N)c2ccccc21. The third kappa shape index (κ3) is 3.35. The fourth-order valence-electron chi connectivity index (χ4n) is 2.82. The zero-order valence-corrected chi connectivity index (χ0v) is 14.7. The van der Waals surface area contributed by atoms with Crippen LogP contribution in [0, 0.1) is 11.3 Å². The van der Waals surface area contributed by atoms with Gasteiger partial charge in [-0.05, 0) is 30.0 Å². The number of nitrogens with zero attached hydrogens (tertiary/aromatic N) is 3. The number of hydrogen-bond donors (Lipinski definition) is 1. The monoisotopic (exact) mass is 354 g/mol. The molecule has 0 unspecified atom stereocenters. The van der Waals surface area contributed by atoms with Crippen molar-refractivity contribution in [1.82, 2.24) is 9.13 Å². The molecule has 128 valence electrons. The van der Waals surface area contributed by atoms with Gasteiger partial charge in [-0.3, -0.25) is 13.9 Å². The maximum absolute atomic E-state index is 12.7. The Kier molecular flexibility index (Phi) is 5.00. The predicted molar refractivity (Wildman–Crippen MR) is 98.8 cm³/mol. The molecule has 2 aromatic heterocycles. The number of amides is 1. The molecule has 0 aliphatic rings. The van der Waals surface area contributed by atoms with Gasteiger partial charge in [0.1, 0.15) is 11.1 Å². The van der Waals surface area contributed by atoms with Crippen molar-refractivity contribution < 1.29 is 4.79 Å². The highest BCUT2D eigenvalue weighted by Gasteiger charge is 2.14. The highest BCUT2D eigenvalue weighted by atomic mass is 32.1. The molecule has 7 heteroatoms. The topological polar surface area (TPSA) is 79.8 Å². The lowest BCUT2D eigenvalue weighted by atomic mass is 10.3. The van der Waals surface area contributed by atoms with Gasteiger partial charge in [0, 0.05) is 19.5 Å². The summed E-state index contributed by atoms with van der Waals surface area (Å²) in [6.07, 6.45) is 1.03. The second-order valence-electron chi connectivity index (χ2n) is 5.65. The van der Waals surface area contributed by atoms with E-state index in [1.54, 1.807) is 20.6 Å². The molecule has 1 aromatic carbocycles. The summed E-state index contributed by atoms with van der Waals surface area (Å²) in [5, 5.41) is 14.0. The smallest absolute Gasteiger partial charge is 0.317 e. The molecule has 0 aliphatic carbocycles. The standard InChI is InChI=1S/C18H18N4O2S/c1-2-9-21-14-5-3-4-6-15(14)22(18(21)24)10-7-16(23)20-17-13(12-19)8-11-25-17/h3-6,8,11H,2,7,9-10H2,1H3,(H,20,23). The predicted octanol–water partition coefficient (Wildman–Crippen LogP) is 3.17. The lowest BCUT2D eigenvalue weighted by Crippen LogP contribution is -2.26. The lowest BCUT2D eigenvalue weighted by molar-refractivity contribution is -0.116. The minimum absolute atomic E-state index is 0.0929. The summed E-state index contributed by atoms with van der Waals surface area (Å²) < 4.78 is 3.39. The van der Waals surface area contributed by atoms with Gasteiger partial charge in [0.25, 0.3) is 0 Å². The van der Waals surface area contributed by atoms with Crippen molar-refractivity contribution in [3.05, 3.63) is 51.8 Å². The molecule has 0 saturated heterocycles. The van der Waals surface area contributed by atoms with Crippen LogP contribution in [0.15, 0.2) is 40.5 Å². The molecular weight excluding hydrogens is 336 g/mol. The number of aromatic nitrogens is 2. The zero-order chi connectivity index (χ0) is 17.8.